The van der Waals surface area contributed by atoms with Crippen molar-refractivity contribution in [3.8, 4) is 5.75 Å². The fourth-order valence-corrected chi connectivity index (χ4v) is 3.84. The lowest BCUT2D eigenvalue weighted by atomic mass is 10.0. The number of nitrogens with zero attached hydrogens (tertiary/aromatic N) is 1. The number of nitrogens with one attached hydrogen (secondary N) is 1. The number of hydrogen-bond acceptors (Lipinski definition) is 3. The number of benzene rings is 3. The smallest absolute Gasteiger partial charge is 0.261 e. The molecule has 6 heteroatoms. The van der Waals surface area contributed by atoms with Gasteiger partial charge in [0.05, 0.1) is 0 Å². The van der Waals surface area contributed by atoms with E-state index >= 15 is 0 Å². The molecule has 0 aliphatic rings. The number of hydrogen-bond donors (Lipinski definition) is 1. The molecule has 0 aliphatic carbocycles. The Balaban J connectivity index is 1.90. The van der Waals surface area contributed by atoms with Crippen molar-refractivity contribution in [1.82, 2.24) is 10.2 Å². The summed E-state index contributed by atoms with van der Waals surface area (Å²) in [7, 11) is 0. The van der Waals surface area contributed by atoms with Crippen LogP contribution < -0.4 is 10.1 Å². The van der Waals surface area contributed by atoms with Gasteiger partial charge in [0.15, 0.2) is 6.61 Å². The zero-order valence-electron chi connectivity index (χ0n) is 20.8. The molecule has 3 aromatic rings. The Kier molecular flexibility index (Phi) is 8.94. The summed E-state index contributed by atoms with van der Waals surface area (Å²) in [6.45, 7) is 7.77. The minimum Gasteiger partial charge on any atom is -0.484 e. The average molecular weight is 493 g/mol. The second-order valence-corrected chi connectivity index (χ2v) is 10.1. The maximum Gasteiger partial charge on any atom is 0.261 e. The van der Waals surface area contributed by atoms with Crippen molar-refractivity contribution in [2.75, 3.05) is 6.61 Å². The molecule has 3 aromatic carbocycles. The van der Waals surface area contributed by atoms with E-state index in [9.17, 15) is 9.59 Å². The molecule has 0 heterocycles. The van der Waals surface area contributed by atoms with Crippen LogP contribution in [0.25, 0.3) is 0 Å². The first-order valence-corrected chi connectivity index (χ1v) is 12.1. The first kappa shape index (κ1) is 26.3. The van der Waals surface area contributed by atoms with Gasteiger partial charge in [0.1, 0.15) is 11.8 Å². The molecule has 0 aromatic heterocycles. The van der Waals surface area contributed by atoms with Gasteiger partial charge >= 0.3 is 0 Å². The SMILES string of the molecule is Cc1cc(OCC(=O)N(Cc2ccccc2)[C@H](Cc2ccccc2)C(=O)NC(C)(C)C)ccc1Cl. The van der Waals surface area contributed by atoms with Crippen molar-refractivity contribution in [2.24, 2.45) is 0 Å². The molecular weight excluding hydrogens is 460 g/mol. The van der Waals surface area contributed by atoms with Crippen molar-refractivity contribution in [2.45, 2.75) is 52.2 Å². The Hall–Kier alpha value is -3.31. The quantitative estimate of drug-likeness (QED) is 0.424. The Morgan fingerprint density at radius 3 is 2.11 bits per heavy atom. The van der Waals surface area contributed by atoms with Gasteiger partial charge in [-0.25, -0.2) is 0 Å². The molecule has 0 unspecified atom stereocenters. The molecule has 0 fully saturated rings. The molecular formula is C29H33ClN2O3. The van der Waals surface area contributed by atoms with E-state index < -0.39 is 11.6 Å². The summed E-state index contributed by atoms with van der Waals surface area (Å²) >= 11 is 6.12. The second-order valence-electron chi connectivity index (χ2n) is 9.65. The van der Waals surface area contributed by atoms with Crippen LogP contribution in [0.2, 0.25) is 5.02 Å². The van der Waals surface area contributed by atoms with E-state index in [1.807, 2.05) is 88.4 Å². The van der Waals surface area contributed by atoms with Gasteiger partial charge in [-0.3, -0.25) is 9.59 Å². The normalized spacial score (nSPS) is 12.0. The van der Waals surface area contributed by atoms with Crippen LogP contribution in [-0.4, -0.2) is 34.9 Å². The highest BCUT2D eigenvalue weighted by atomic mass is 35.5. The highest BCUT2D eigenvalue weighted by Gasteiger charge is 2.32. The molecule has 0 radical (unpaired) electrons. The van der Waals surface area contributed by atoms with E-state index in [4.69, 9.17) is 16.3 Å². The van der Waals surface area contributed by atoms with E-state index in [1.54, 1.807) is 23.1 Å². The number of rotatable bonds is 9. The van der Waals surface area contributed by atoms with Crippen LogP contribution in [-0.2, 0) is 22.6 Å². The van der Waals surface area contributed by atoms with Crippen LogP contribution in [0.5, 0.6) is 5.75 Å². The molecule has 0 saturated heterocycles. The van der Waals surface area contributed by atoms with Gasteiger partial charge in [0.25, 0.3) is 5.91 Å². The van der Waals surface area contributed by atoms with Crippen molar-refractivity contribution in [1.29, 1.82) is 0 Å². The van der Waals surface area contributed by atoms with Gasteiger partial charge in [-0.15, -0.1) is 0 Å². The molecule has 5 nitrogen and oxygen atoms in total. The molecule has 0 aliphatic heterocycles. The Morgan fingerprint density at radius 1 is 0.943 bits per heavy atom. The molecule has 3 rings (SSSR count). The maximum atomic E-state index is 13.6. The monoisotopic (exact) mass is 492 g/mol. The van der Waals surface area contributed by atoms with Gasteiger partial charge in [-0.1, -0.05) is 72.3 Å². The Morgan fingerprint density at radius 2 is 1.54 bits per heavy atom. The molecule has 1 atom stereocenters. The van der Waals surface area contributed by atoms with Crippen LogP contribution in [0.4, 0.5) is 0 Å². The van der Waals surface area contributed by atoms with Gasteiger partial charge < -0.3 is 15.0 Å². The molecule has 0 bridgehead atoms. The molecule has 0 spiro atoms. The van der Waals surface area contributed by atoms with Crippen molar-refractivity contribution >= 4 is 23.4 Å². The topological polar surface area (TPSA) is 58.6 Å². The summed E-state index contributed by atoms with van der Waals surface area (Å²) in [5, 5.41) is 3.70. The average Bonchev–Trinajstić information content (AvgIpc) is 2.82. The summed E-state index contributed by atoms with van der Waals surface area (Å²) in [4.78, 5) is 28.7. The summed E-state index contributed by atoms with van der Waals surface area (Å²) in [5.74, 6) is 0.0816. The standard InChI is InChI=1S/C29H33ClN2O3/c1-21-17-24(15-16-25(21)30)35-20-27(33)32(19-23-13-9-6-10-14-23)26(28(34)31-29(2,3)4)18-22-11-7-5-8-12-22/h5-17,26H,18-20H2,1-4H3,(H,31,34)/t26-/m1/s1. The largest absolute Gasteiger partial charge is 0.484 e. The summed E-state index contributed by atoms with van der Waals surface area (Å²) in [5.41, 5.74) is 2.33. The van der Waals surface area contributed by atoms with Crippen molar-refractivity contribution in [3.05, 3.63) is 101 Å². The fourth-order valence-electron chi connectivity index (χ4n) is 3.72. The third-order valence-electron chi connectivity index (χ3n) is 5.46. The highest BCUT2D eigenvalue weighted by molar-refractivity contribution is 6.31. The molecule has 184 valence electrons. The second kappa shape index (κ2) is 11.9. The molecule has 1 N–H and O–H groups in total. The van der Waals surface area contributed by atoms with Crippen LogP contribution in [0.1, 0.15) is 37.5 Å². The fraction of sp³-hybridized carbons (Fsp3) is 0.310. The summed E-state index contributed by atoms with van der Waals surface area (Å²) in [6.07, 6.45) is 0.390. The third kappa shape index (κ3) is 8.15. The maximum absolute atomic E-state index is 13.6. The van der Waals surface area contributed by atoms with Crippen LogP contribution >= 0.6 is 11.6 Å². The Bertz CT molecular complexity index is 1130. The van der Waals surface area contributed by atoms with E-state index in [-0.39, 0.29) is 25.0 Å². The van der Waals surface area contributed by atoms with E-state index in [0.717, 1.165) is 16.7 Å². The van der Waals surface area contributed by atoms with Crippen LogP contribution in [0.15, 0.2) is 78.9 Å². The molecule has 35 heavy (non-hydrogen) atoms. The minimum atomic E-state index is -0.708. The zero-order chi connectivity index (χ0) is 25.4. The van der Waals surface area contributed by atoms with E-state index in [1.165, 1.54) is 0 Å². The highest BCUT2D eigenvalue weighted by Crippen LogP contribution is 2.22. The van der Waals surface area contributed by atoms with Gasteiger partial charge in [0.2, 0.25) is 5.91 Å². The number of halogens is 1. The first-order valence-electron chi connectivity index (χ1n) is 11.7. The molecule has 0 saturated carbocycles. The lowest BCUT2D eigenvalue weighted by Crippen LogP contribution is -2.55. The molecule has 2 amide bonds. The van der Waals surface area contributed by atoms with Gasteiger partial charge in [-0.05, 0) is 62.6 Å². The van der Waals surface area contributed by atoms with Crippen molar-refractivity contribution in [3.63, 3.8) is 0 Å². The predicted molar refractivity (Wildman–Crippen MR) is 141 cm³/mol. The number of amides is 2. The third-order valence-corrected chi connectivity index (χ3v) is 5.88. The first-order chi connectivity index (χ1) is 16.6. The number of aryl methyl sites for hydroxylation is 1. The number of carbonyl (C=O) groups is 2. The summed E-state index contributed by atoms with van der Waals surface area (Å²) < 4.78 is 5.82. The summed E-state index contributed by atoms with van der Waals surface area (Å²) in [6, 6.07) is 24.0. The number of carbonyl (C=O) groups excluding carboxylic acids is 2. The number of ether oxygens (including phenoxy) is 1. The van der Waals surface area contributed by atoms with Gasteiger partial charge in [0, 0.05) is 23.5 Å². The zero-order valence-corrected chi connectivity index (χ0v) is 21.5. The van der Waals surface area contributed by atoms with Crippen LogP contribution in [0, 0.1) is 6.92 Å². The van der Waals surface area contributed by atoms with Gasteiger partial charge in [-0.2, -0.15) is 0 Å². The predicted octanol–water partition coefficient (Wildman–Crippen LogP) is 5.58. The Labute approximate surface area is 213 Å². The van der Waals surface area contributed by atoms with Crippen molar-refractivity contribution < 1.29 is 14.3 Å². The van der Waals surface area contributed by atoms with Crippen LogP contribution in [0.3, 0.4) is 0 Å². The minimum absolute atomic E-state index is 0.192. The van der Waals surface area contributed by atoms with E-state index in [2.05, 4.69) is 5.32 Å². The van der Waals surface area contributed by atoms with E-state index in [0.29, 0.717) is 17.2 Å². The lowest BCUT2D eigenvalue weighted by molar-refractivity contribution is -0.143. The lowest BCUT2D eigenvalue weighted by Gasteiger charge is -2.33.